The molecule has 0 saturated heterocycles. The number of benzene rings is 5. The number of rotatable bonds is 4. The summed E-state index contributed by atoms with van der Waals surface area (Å²) in [6.07, 6.45) is 7.58. The summed E-state index contributed by atoms with van der Waals surface area (Å²) in [5.41, 5.74) is 7.73. The summed E-state index contributed by atoms with van der Waals surface area (Å²) in [6, 6.07) is 32.0. The minimum absolute atomic E-state index is 0.392. The lowest BCUT2D eigenvalue weighted by Gasteiger charge is -2.15. The number of methoxy groups -OCH3 is 1. The summed E-state index contributed by atoms with van der Waals surface area (Å²) >= 11 is 0. The van der Waals surface area contributed by atoms with E-state index in [1.165, 1.54) is 44.3 Å². The first-order valence-corrected chi connectivity index (χ1v) is 12.7. The molecule has 0 unspecified atom stereocenters. The first-order chi connectivity index (χ1) is 18.6. The zero-order chi connectivity index (χ0) is 26.2. The number of hydrogen-bond donors (Lipinski definition) is 0. The molecule has 5 aromatic carbocycles. The van der Waals surface area contributed by atoms with Gasteiger partial charge in [0, 0.05) is 11.6 Å². The van der Waals surface area contributed by atoms with Gasteiger partial charge in [0.1, 0.15) is 0 Å². The topological polar surface area (TPSA) is 31.2 Å². The Kier molecular flexibility index (Phi) is 5.89. The number of carbonyl (C=O) groups excluding carboxylic acids is 1. The maximum atomic E-state index is 12.0. The molecule has 1 aromatic heterocycles. The van der Waals surface area contributed by atoms with E-state index in [9.17, 15) is 4.79 Å². The molecule has 6 rings (SSSR count). The Bertz CT molecular complexity index is 1910. The molecule has 0 atom stereocenters. The van der Waals surface area contributed by atoms with Gasteiger partial charge >= 0.3 is 6.09 Å². The standard InChI is InChI=1S/C35H27NO2/c1-4-9-29-28(5-2)30-12-6-7-13-31(30)33-22-26(14-16-32(29)33)24-11-8-10-23(20-24)25-15-17-34-27(21-25)18-19-36(34)35(37)38-3/h4-22H,2H2,1,3H3/b9-4-. The van der Waals surface area contributed by atoms with Gasteiger partial charge in [-0.1, -0.05) is 85.5 Å². The second-order valence-electron chi connectivity index (χ2n) is 9.35. The van der Waals surface area contributed by atoms with Crippen molar-refractivity contribution < 1.29 is 9.53 Å². The van der Waals surface area contributed by atoms with Crippen molar-refractivity contribution in [3.8, 4) is 22.3 Å². The zero-order valence-electron chi connectivity index (χ0n) is 21.4. The van der Waals surface area contributed by atoms with Crippen LogP contribution in [0.25, 0.3) is 66.9 Å². The Labute approximate surface area is 221 Å². The van der Waals surface area contributed by atoms with Crippen LogP contribution < -0.4 is 0 Å². The molecular weight excluding hydrogens is 466 g/mol. The number of carbonyl (C=O) groups is 1. The van der Waals surface area contributed by atoms with Crippen molar-refractivity contribution in [3.63, 3.8) is 0 Å². The van der Waals surface area contributed by atoms with Crippen LogP contribution in [-0.4, -0.2) is 17.8 Å². The molecule has 0 saturated carbocycles. The van der Waals surface area contributed by atoms with Crippen molar-refractivity contribution in [2.45, 2.75) is 6.92 Å². The molecule has 3 heteroatoms. The number of aromatic nitrogens is 1. The van der Waals surface area contributed by atoms with Gasteiger partial charge in [0.2, 0.25) is 0 Å². The van der Waals surface area contributed by atoms with Gasteiger partial charge in [-0.05, 0) is 92.2 Å². The number of hydrogen-bond acceptors (Lipinski definition) is 2. The largest absolute Gasteiger partial charge is 0.452 e. The summed E-state index contributed by atoms with van der Waals surface area (Å²) in [4.78, 5) is 12.0. The van der Waals surface area contributed by atoms with Gasteiger partial charge in [0.05, 0.1) is 12.6 Å². The molecule has 0 bridgehead atoms. The van der Waals surface area contributed by atoms with Crippen LogP contribution in [0.3, 0.4) is 0 Å². The van der Waals surface area contributed by atoms with Gasteiger partial charge in [-0.2, -0.15) is 0 Å². The van der Waals surface area contributed by atoms with Crippen LogP contribution in [0.15, 0.2) is 110 Å². The van der Waals surface area contributed by atoms with Crippen LogP contribution in [-0.2, 0) is 4.74 Å². The third kappa shape index (κ3) is 3.80. The molecule has 0 amide bonds. The average molecular weight is 494 g/mol. The Balaban J connectivity index is 1.49. The summed E-state index contributed by atoms with van der Waals surface area (Å²) in [5.74, 6) is 0. The van der Waals surface area contributed by atoms with Crippen molar-refractivity contribution in [3.05, 3.63) is 121 Å². The van der Waals surface area contributed by atoms with Crippen LogP contribution in [0.1, 0.15) is 18.1 Å². The average Bonchev–Trinajstić information content (AvgIpc) is 3.40. The highest BCUT2D eigenvalue weighted by molar-refractivity contribution is 6.15. The van der Waals surface area contributed by atoms with Crippen molar-refractivity contribution in [1.82, 2.24) is 4.57 Å². The van der Waals surface area contributed by atoms with Crippen molar-refractivity contribution in [2.75, 3.05) is 7.11 Å². The molecular formula is C35H27NO2. The van der Waals surface area contributed by atoms with Gasteiger partial charge in [0.15, 0.2) is 0 Å². The molecule has 0 aliphatic carbocycles. The number of ether oxygens (including phenoxy) is 1. The minimum Gasteiger partial charge on any atom is -0.452 e. The predicted octanol–water partition coefficient (Wildman–Crippen LogP) is 9.57. The molecule has 0 fully saturated rings. The van der Waals surface area contributed by atoms with E-state index in [-0.39, 0.29) is 0 Å². The summed E-state index contributed by atoms with van der Waals surface area (Å²) in [7, 11) is 1.39. The third-order valence-corrected chi connectivity index (χ3v) is 7.24. The molecule has 0 spiro atoms. The molecule has 0 radical (unpaired) electrons. The smallest absolute Gasteiger partial charge is 0.418 e. The first kappa shape index (κ1) is 23.5. The Morgan fingerprint density at radius 2 is 1.42 bits per heavy atom. The highest BCUT2D eigenvalue weighted by Crippen LogP contribution is 2.37. The lowest BCUT2D eigenvalue weighted by Crippen LogP contribution is -2.09. The number of allylic oxidation sites excluding steroid dienone is 1. The Hall–Kier alpha value is -4.89. The van der Waals surface area contributed by atoms with E-state index in [1.807, 2.05) is 18.2 Å². The quantitative estimate of drug-likeness (QED) is 0.229. The second kappa shape index (κ2) is 9.53. The number of fused-ring (bicyclic) bond motifs is 4. The van der Waals surface area contributed by atoms with Gasteiger partial charge in [0.25, 0.3) is 0 Å². The van der Waals surface area contributed by atoms with Crippen molar-refractivity contribution in [2.24, 2.45) is 0 Å². The second-order valence-corrected chi connectivity index (χ2v) is 9.35. The van der Waals surface area contributed by atoms with E-state index in [4.69, 9.17) is 4.74 Å². The van der Waals surface area contributed by atoms with E-state index in [0.29, 0.717) is 0 Å². The number of nitrogens with zero attached hydrogens (tertiary/aromatic N) is 1. The van der Waals surface area contributed by atoms with E-state index in [0.717, 1.165) is 33.2 Å². The zero-order valence-corrected chi connectivity index (χ0v) is 21.4. The highest BCUT2D eigenvalue weighted by Gasteiger charge is 2.13. The Morgan fingerprint density at radius 1 is 0.737 bits per heavy atom. The molecule has 0 aliphatic heterocycles. The molecule has 38 heavy (non-hydrogen) atoms. The van der Waals surface area contributed by atoms with Crippen molar-refractivity contribution in [1.29, 1.82) is 0 Å². The van der Waals surface area contributed by atoms with E-state index in [1.54, 1.807) is 6.20 Å². The molecule has 0 aliphatic rings. The van der Waals surface area contributed by atoms with Crippen LogP contribution in [0.2, 0.25) is 0 Å². The third-order valence-electron chi connectivity index (χ3n) is 7.24. The summed E-state index contributed by atoms with van der Waals surface area (Å²) in [5, 5.41) is 5.88. The van der Waals surface area contributed by atoms with Crippen molar-refractivity contribution >= 4 is 50.7 Å². The van der Waals surface area contributed by atoms with Crippen LogP contribution in [0, 0.1) is 0 Å². The molecule has 0 N–H and O–H groups in total. The normalized spacial score (nSPS) is 11.5. The maximum absolute atomic E-state index is 12.0. The van der Waals surface area contributed by atoms with Gasteiger partial charge in [-0.15, -0.1) is 0 Å². The molecule has 184 valence electrons. The SMILES string of the molecule is C=Cc1c(/C=C\C)c2ccc(-c3cccc(-c4ccc5c(ccn5C(=O)OC)c4)c3)cc2c2ccccc12. The highest BCUT2D eigenvalue weighted by atomic mass is 16.5. The van der Waals surface area contributed by atoms with E-state index < -0.39 is 6.09 Å². The van der Waals surface area contributed by atoms with Crippen LogP contribution in [0.4, 0.5) is 4.79 Å². The fourth-order valence-electron chi connectivity index (χ4n) is 5.45. The minimum atomic E-state index is -0.392. The fourth-order valence-corrected chi connectivity index (χ4v) is 5.45. The molecule has 1 heterocycles. The lowest BCUT2D eigenvalue weighted by molar-refractivity contribution is 0.174. The van der Waals surface area contributed by atoms with Gasteiger partial charge in [-0.25, -0.2) is 4.79 Å². The van der Waals surface area contributed by atoms with Gasteiger partial charge < -0.3 is 4.74 Å². The fraction of sp³-hybridized carbons (Fsp3) is 0.0571. The van der Waals surface area contributed by atoms with Crippen LogP contribution >= 0.6 is 0 Å². The monoisotopic (exact) mass is 493 g/mol. The Morgan fingerprint density at radius 3 is 2.16 bits per heavy atom. The predicted molar refractivity (Wildman–Crippen MR) is 160 cm³/mol. The van der Waals surface area contributed by atoms with E-state index >= 15 is 0 Å². The first-order valence-electron chi connectivity index (χ1n) is 12.7. The lowest BCUT2D eigenvalue weighted by atomic mass is 9.89. The summed E-state index contributed by atoms with van der Waals surface area (Å²) < 4.78 is 6.41. The maximum Gasteiger partial charge on any atom is 0.418 e. The van der Waals surface area contributed by atoms with Crippen LogP contribution in [0.5, 0.6) is 0 Å². The summed E-state index contributed by atoms with van der Waals surface area (Å²) in [6.45, 7) is 6.16. The van der Waals surface area contributed by atoms with E-state index in [2.05, 4.69) is 105 Å². The molecule has 6 aromatic rings. The van der Waals surface area contributed by atoms with Gasteiger partial charge in [-0.3, -0.25) is 4.57 Å². The molecule has 3 nitrogen and oxygen atoms in total.